The first kappa shape index (κ1) is 14.9. The van der Waals surface area contributed by atoms with E-state index >= 15 is 0 Å². The number of rotatable bonds is 6. The van der Waals surface area contributed by atoms with Crippen LogP contribution in [0.1, 0.15) is 32.3 Å². The topological polar surface area (TPSA) is 35.2 Å². The van der Waals surface area contributed by atoms with Crippen molar-refractivity contribution in [1.29, 1.82) is 0 Å². The Balaban J connectivity index is 2.38. The minimum atomic E-state index is -0.240. The third-order valence-corrected chi connectivity index (χ3v) is 3.58. The Bertz CT molecular complexity index is 432. The van der Waals surface area contributed by atoms with Crippen molar-refractivity contribution in [2.24, 2.45) is 11.1 Å². The number of hydrogen-bond donors (Lipinski definition) is 1. The second-order valence-corrected chi connectivity index (χ2v) is 5.55. The zero-order chi connectivity index (χ0) is 13.8. The van der Waals surface area contributed by atoms with Gasteiger partial charge in [-0.3, -0.25) is 0 Å². The quantitative estimate of drug-likeness (QED) is 0.633. The Kier molecular flexibility index (Phi) is 5.08. The Labute approximate surface area is 113 Å². The molecular formula is C14H20FNOS. The number of benzene rings is 1. The van der Waals surface area contributed by atoms with Gasteiger partial charge in [0.15, 0.2) is 0 Å². The van der Waals surface area contributed by atoms with Crippen LogP contribution in [0.2, 0.25) is 0 Å². The first-order chi connectivity index (χ1) is 8.33. The summed E-state index contributed by atoms with van der Waals surface area (Å²) in [5.74, 6) is 0.321. The van der Waals surface area contributed by atoms with Crippen LogP contribution < -0.4 is 10.5 Å². The molecule has 0 aliphatic heterocycles. The van der Waals surface area contributed by atoms with Crippen LogP contribution >= 0.6 is 12.2 Å². The van der Waals surface area contributed by atoms with Gasteiger partial charge in [0.05, 0.1) is 11.6 Å². The summed E-state index contributed by atoms with van der Waals surface area (Å²) >= 11 is 4.99. The number of aryl methyl sites for hydroxylation is 1. The van der Waals surface area contributed by atoms with Gasteiger partial charge in [0.25, 0.3) is 0 Å². The lowest BCUT2D eigenvalue weighted by Gasteiger charge is -2.22. The lowest BCUT2D eigenvalue weighted by Crippen LogP contribution is -2.30. The molecule has 0 atom stereocenters. The van der Waals surface area contributed by atoms with E-state index in [9.17, 15) is 4.39 Å². The summed E-state index contributed by atoms with van der Waals surface area (Å²) in [6, 6.07) is 4.90. The van der Waals surface area contributed by atoms with Crippen LogP contribution in [0.4, 0.5) is 4.39 Å². The number of hydrogen-bond acceptors (Lipinski definition) is 2. The highest BCUT2D eigenvalue weighted by molar-refractivity contribution is 7.80. The standard InChI is InChI=1S/C14H20FNOS/c1-10-5-6-11(9-12(10)15)17-8-4-7-14(2,3)13(16)18/h5-6,9H,4,7-8H2,1-3H3,(H2,16,18). The van der Waals surface area contributed by atoms with Crippen LogP contribution in [0.5, 0.6) is 5.75 Å². The number of halogens is 1. The van der Waals surface area contributed by atoms with E-state index in [1.807, 2.05) is 13.8 Å². The molecule has 1 rings (SSSR count). The lowest BCUT2D eigenvalue weighted by atomic mass is 9.88. The number of ether oxygens (including phenoxy) is 1. The summed E-state index contributed by atoms with van der Waals surface area (Å²) in [4.78, 5) is 0.517. The summed E-state index contributed by atoms with van der Waals surface area (Å²) in [5.41, 5.74) is 6.11. The van der Waals surface area contributed by atoms with Crippen LogP contribution in [0, 0.1) is 18.2 Å². The molecule has 0 aliphatic rings. The first-order valence-electron chi connectivity index (χ1n) is 6.02. The van der Waals surface area contributed by atoms with Crippen molar-refractivity contribution in [3.05, 3.63) is 29.6 Å². The maximum absolute atomic E-state index is 13.3. The maximum Gasteiger partial charge on any atom is 0.129 e. The van der Waals surface area contributed by atoms with Crippen molar-refractivity contribution < 1.29 is 9.13 Å². The highest BCUT2D eigenvalue weighted by Crippen LogP contribution is 2.23. The van der Waals surface area contributed by atoms with Crippen LogP contribution in [0.15, 0.2) is 18.2 Å². The lowest BCUT2D eigenvalue weighted by molar-refractivity contribution is 0.286. The monoisotopic (exact) mass is 269 g/mol. The third kappa shape index (κ3) is 4.26. The zero-order valence-corrected chi connectivity index (χ0v) is 11.9. The Morgan fingerprint density at radius 1 is 1.44 bits per heavy atom. The number of nitrogens with two attached hydrogens (primary N) is 1. The molecule has 0 bridgehead atoms. The van der Waals surface area contributed by atoms with Gasteiger partial charge in [0.2, 0.25) is 0 Å². The minimum absolute atomic E-state index is 0.156. The number of thiocarbonyl (C=S) groups is 1. The van der Waals surface area contributed by atoms with Gasteiger partial charge < -0.3 is 10.5 Å². The summed E-state index contributed by atoms with van der Waals surface area (Å²) in [5, 5.41) is 0. The Morgan fingerprint density at radius 3 is 2.67 bits per heavy atom. The summed E-state index contributed by atoms with van der Waals surface area (Å²) in [6.07, 6.45) is 1.69. The third-order valence-electron chi connectivity index (χ3n) is 3.03. The predicted molar refractivity (Wildman–Crippen MR) is 76.4 cm³/mol. The second kappa shape index (κ2) is 6.14. The predicted octanol–water partition coefficient (Wildman–Crippen LogP) is 3.61. The van der Waals surface area contributed by atoms with Gasteiger partial charge in [-0.15, -0.1) is 0 Å². The molecule has 0 saturated carbocycles. The van der Waals surface area contributed by atoms with Crippen molar-refractivity contribution in [2.75, 3.05) is 6.61 Å². The molecule has 0 fully saturated rings. The molecule has 0 aliphatic carbocycles. The average molecular weight is 269 g/mol. The van der Waals surface area contributed by atoms with E-state index in [0.717, 1.165) is 12.8 Å². The Morgan fingerprint density at radius 2 is 2.11 bits per heavy atom. The highest BCUT2D eigenvalue weighted by atomic mass is 32.1. The molecule has 18 heavy (non-hydrogen) atoms. The fourth-order valence-electron chi connectivity index (χ4n) is 1.49. The molecule has 2 N–H and O–H groups in total. The average Bonchev–Trinajstić information content (AvgIpc) is 2.29. The van der Waals surface area contributed by atoms with Crippen LogP contribution in [-0.4, -0.2) is 11.6 Å². The molecule has 0 unspecified atom stereocenters. The van der Waals surface area contributed by atoms with Crippen molar-refractivity contribution in [2.45, 2.75) is 33.6 Å². The molecule has 4 heteroatoms. The maximum atomic E-state index is 13.3. The van der Waals surface area contributed by atoms with E-state index in [2.05, 4.69) is 0 Å². The zero-order valence-electron chi connectivity index (χ0n) is 11.1. The molecule has 0 saturated heterocycles. The van der Waals surface area contributed by atoms with Gasteiger partial charge >= 0.3 is 0 Å². The Hall–Kier alpha value is -1.16. The normalized spacial score (nSPS) is 11.3. The molecular weight excluding hydrogens is 249 g/mol. The van der Waals surface area contributed by atoms with Crippen LogP contribution in [0.3, 0.4) is 0 Å². The summed E-state index contributed by atoms with van der Waals surface area (Å²) in [6.45, 7) is 6.29. The summed E-state index contributed by atoms with van der Waals surface area (Å²) in [7, 11) is 0. The van der Waals surface area contributed by atoms with E-state index in [1.165, 1.54) is 6.07 Å². The fraction of sp³-hybridized carbons (Fsp3) is 0.500. The molecule has 1 aromatic carbocycles. The molecule has 0 heterocycles. The van der Waals surface area contributed by atoms with E-state index in [-0.39, 0.29) is 11.2 Å². The molecule has 0 radical (unpaired) electrons. The van der Waals surface area contributed by atoms with E-state index in [1.54, 1.807) is 19.1 Å². The van der Waals surface area contributed by atoms with Gasteiger partial charge in [-0.05, 0) is 31.4 Å². The fourth-order valence-corrected chi connectivity index (χ4v) is 1.59. The van der Waals surface area contributed by atoms with Crippen LogP contribution in [0.25, 0.3) is 0 Å². The van der Waals surface area contributed by atoms with Crippen molar-refractivity contribution in [1.82, 2.24) is 0 Å². The van der Waals surface area contributed by atoms with Gasteiger partial charge in [-0.1, -0.05) is 32.1 Å². The van der Waals surface area contributed by atoms with Gasteiger partial charge in [0, 0.05) is 11.5 Å². The molecule has 2 nitrogen and oxygen atoms in total. The summed E-state index contributed by atoms with van der Waals surface area (Å²) < 4.78 is 18.8. The van der Waals surface area contributed by atoms with E-state index < -0.39 is 0 Å². The van der Waals surface area contributed by atoms with Crippen molar-refractivity contribution in [3.8, 4) is 5.75 Å². The highest BCUT2D eigenvalue weighted by Gasteiger charge is 2.20. The largest absolute Gasteiger partial charge is 0.493 e. The first-order valence-corrected chi connectivity index (χ1v) is 6.42. The minimum Gasteiger partial charge on any atom is -0.493 e. The van der Waals surface area contributed by atoms with Crippen molar-refractivity contribution >= 4 is 17.2 Å². The molecule has 0 spiro atoms. The van der Waals surface area contributed by atoms with Crippen LogP contribution in [-0.2, 0) is 0 Å². The van der Waals surface area contributed by atoms with Gasteiger partial charge in [0.1, 0.15) is 11.6 Å². The van der Waals surface area contributed by atoms with E-state index in [0.29, 0.717) is 22.9 Å². The SMILES string of the molecule is Cc1ccc(OCCCC(C)(C)C(N)=S)cc1F. The smallest absolute Gasteiger partial charge is 0.129 e. The molecule has 0 amide bonds. The van der Waals surface area contributed by atoms with E-state index in [4.69, 9.17) is 22.7 Å². The van der Waals surface area contributed by atoms with Gasteiger partial charge in [-0.2, -0.15) is 0 Å². The molecule has 0 aromatic heterocycles. The van der Waals surface area contributed by atoms with Gasteiger partial charge in [-0.25, -0.2) is 4.39 Å². The molecule has 1 aromatic rings. The molecule has 100 valence electrons. The van der Waals surface area contributed by atoms with Crippen molar-refractivity contribution in [3.63, 3.8) is 0 Å². The second-order valence-electron chi connectivity index (χ2n) is 5.11.